The van der Waals surface area contributed by atoms with Gasteiger partial charge in [0.05, 0.1) is 12.7 Å². The van der Waals surface area contributed by atoms with Gasteiger partial charge in [0.15, 0.2) is 0 Å². The summed E-state index contributed by atoms with van der Waals surface area (Å²) in [6, 6.07) is 12.9. The predicted octanol–water partition coefficient (Wildman–Crippen LogP) is 5.34. The summed E-state index contributed by atoms with van der Waals surface area (Å²) in [5.41, 5.74) is 1.80. The Bertz CT molecular complexity index is 806. The van der Waals surface area contributed by atoms with E-state index >= 15 is 0 Å². The first-order chi connectivity index (χ1) is 11.2. The van der Waals surface area contributed by atoms with Crippen LogP contribution in [0.25, 0.3) is 11.5 Å². The zero-order valence-corrected chi connectivity index (χ0v) is 14.5. The smallest absolute Gasteiger partial charge is 0.277 e. The fraction of sp³-hybridized carbons (Fsp3) is 0.125. The second-order valence-electron chi connectivity index (χ2n) is 4.63. The lowest BCUT2D eigenvalue weighted by Gasteiger charge is -2.04. The molecular formula is C16H12Cl2N2O2S. The van der Waals surface area contributed by atoms with Crippen molar-refractivity contribution < 1.29 is 9.15 Å². The van der Waals surface area contributed by atoms with Crippen LogP contribution in [-0.4, -0.2) is 17.3 Å². The Balaban J connectivity index is 1.75. The van der Waals surface area contributed by atoms with E-state index in [1.54, 1.807) is 25.3 Å². The quantitative estimate of drug-likeness (QED) is 0.570. The number of methoxy groups -OCH3 is 1. The maximum Gasteiger partial charge on any atom is 0.277 e. The molecule has 3 rings (SSSR count). The van der Waals surface area contributed by atoms with Gasteiger partial charge in [-0.1, -0.05) is 47.1 Å². The van der Waals surface area contributed by atoms with Crippen LogP contribution in [0.3, 0.4) is 0 Å². The fourth-order valence-electron chi connectivity index (χ4n) is 1.95. The highest BCUT2D eigenvalue weighted by molar-refractivity contribution is 7.98. The number of benzene rings is 2. The van der Waals surface area contributed by atoms with Crippen LogP contribution in [0.5, 0.6) is 5.75 Å². The molecule has 0 amide bonds. The SMILES string of the molecule is COc1ccc(Cl)cc1-c1nnc(SCc2ccc(Cl)cc2)o1. The lowest BCUT2D eigenvalue weighted by atomic mass is 10.2. The molecule has 0 N–H and O–H groups in total. The molecule has 0 saturated heterocycles. The molecule has 0 aliphatic heterocycles. The Hall–Kier alpha value is -1.69. The van der Waals surface area contributed by atoms with Gasteiger partial charge in [0.25, 0.3) is 11.1 Å². The average molecular weight is 367 g/mol. The molecule has 0 bridgehead atoms. The molecule has 4 nitrogen and oxygen atoms in total. The van der Waals surface area contributed by atoms with Gasteiger partial charge in [-0.2, -0.15) is 0 Å². The van der Waals surface area contributed by atoms with Crippen molar-refractivity contribution in [2.75, 3.05) is 7.11 Å². The van der Waals surface area contributed by atoms with Crippen LogP contribution in [0.15, 0.2) is 52.1 Å². The second-order valence-corrected chi connectivity index (χ2v) is 6.43. The summed E-state index contributed by atoms with van der Waals surface area (Å²) in [6.45, 7) is 0. The van der Waals surface area contributed by atoms with Crippen molar-refractivity contribution in [2.24, 2.45) is 0 Å². The monoisotopic (exact) mass is 366 g/mol. The number of halogens is 2. The van der Waals surface area contributed by atoms with E-state index in [1.807, 2.05) is 24.3 Å². The normalized spacial score (nSPS) is 10.7. The Morgan fingerprint density at radius 2 is 1.78 bits per heavy atom. The maximum atomic E-state index is 6.02. The number of hydrogen-bond acceptors (Lipinski definition) is 5. The van der Waals surface area contributed by atoms with Crippen LogP contribution in [-0.2, 0) is 5.75 Å². The van der Waals surface area contributed by atoms with Gasteiger partial charge >= 0.3 is 0 Å². The summed E-state index contributed by atoms with van der Waals surface area (Å²) < 4.78 is 11.0. The van der Waals surface area contributed by atoms with E-state index in [0.29, 0.717) is 38.2 Å². The summed E-state index contributed by atoms with van der Waals surface area (Å²) in [7, 11) is 1.58. The Morgan fingerprint density at radius 3 is 2.52 bits per heavy atom. The van der Waals surface area contributed by atoms with Crippen molar-refractivity contribution in [3.05, 3.63) is 58.1 Å². The van der Waals surface area contributed by atoms with Gasteiger partial charge in [-0.25, -0.2) is 0 Å². The molecule has 0 aliphatic carbocycles. The minimum Gasteiger partial charge on any atom is -0.496 e. The van der Waals surface area contributed by atoms with Gasteiger partial charge in [0.1, 0.15) is 5.75 Å². The van der Waals surface area contributed by atoms with E-state index in [2.05, 4.69) is 10.2 Å². The molecule has 0 saturated carbocycles. The van der Waals surface area contributed by atoms with Crippen molar-refractivity contribution in [3.8, 4) is 17.2 Å². The summed E-state index contributed by atoms with van der Waals surface area (Å²) in [5, 5.41) is 9.89. The average Bonchev–Trinajstić information content (AvgIpc) is 3.03. The third kappa shape index (κ3) is 3.99. The van der Waals surface area contributed by atoms with Crippen molar-refractivity contribution >= 4 is 35.0 Å². The van der Waals surface area contributed by atoms with Gasteiger partial charge in [0, 0.05) is 15.8 Å². The minimum atomic E-state index is 0.378. The number of thioether (sulfide) groups is 1. The van der Waals surface area contributed by atoms with Crippen LogP contribution < -0.4 is 4.74 Å². The lowest BCUT2D eigenvalue weighted by molar-refractivity contribution is 0.411. The zero-order chi connectivity index (χ0) is 16.2. The van der Waals surface area contributed by atoms with Gasteiger partial charge < -0.3 is 9.15 Å². The Morgan fingerprint density at radius 1 is 1.04 bits per heavy atom. The Kier molecular flexibility index (Phi) is 5.10. The number of nitrogens with zero attached hydrogens (tertiary/aromatic N) is 2. The van der Waals surface area contributed by atoms with Crippen LogP contribution in [0, 0.1) is 0 Å². The van der Waals surface area contributed by atoms with Crippen LogP contribution in [0.2, 0.25) is 10.0 Å². The first kappa shape index (κ1) is 16.2. The van der Waals surface area contributed by atoms with Crippen LogP contribution >= 0.6 is 35.0 Å². The molecule has 2 aromatic carbocycles. The molecule has 0 atom stereocenters. The summed E-state index contributed by atoms with van der Waals surface area (Å²) in [5.74, 6) is 1.72. The van der Waals surface area contributed by atoms with E-state index in [9.17, 15) is 0 Å². The maximum absolute atomic E-state index is 6.02. The first-order valence-electron chi connectivity index (χ1n) is 6.70. The Labute approximate surface area is 147 Å². The highest BCUT2D eigenvalue weighted by Gasteiger charge is 2.14. The van der Waals surface area contributed by atoms with Crippen molar-refractivity contribution in [2.45, 2.75) is 11.0 Å². The molecule has 0 unspecified atom stereocenters. The lowest BCUT2D eigenvalue weighted by Crippen LogP contribution is -1.87. The minimum absolute atomic E-state index is 0.378. The molecular weight excluding hydrogens is 355 g/mol. The summed E-state index contributed by atoms with van der Waals surface area (Å²) >= 11 is 13.3. The molecule has 0 fully saturated rings. The molecule has 118 valence electrons. The van der Waals surface area contributed by atoms with Gasteiger partial charge in [-0.3, -0.25) is 0 Å². The number of hydrogen-bond donors (Lipinski definition) is 0. The third-order valence-electron chi connectivity index (χ3n) is 3.07. The summed E-state index contributed by atoms with van der Waals surface area (Å²) in [4.78, 5) is 0. The number of ether oxygens (including phenoxy) is 1. The third-order valence-corrected chi connectivity index (χ3v) is 4.45. The van der Waals surface area contributed by atoms with E-state index in [-0.39, 0.29) is 0 Å². The van der Waals surface area contributed by atoms with Crippen molar-refractivity contribution in [1.29, 1.82) is 0 Å². The van der Waals surface area contributed by atoms with Gasteiger partial charge in [0.2, 0.25) is 0 Å². The molecule has 0 radical (unpaired) electrons. The van der Waals surface area contributed by atoms with Crippen LogP contribution in [0.1, 0.15) is 5.56 Å². The largest absolute Gasteiger partial charge is 0.496 e. The number of aromatic nitrogens is 2. The summed E-state index contributed by atoms with van der Waals surface area (Å²) in [6.07, 6.45) is 0. The van der Waals surface area contributed by atoms with Crippen molar-refractivity contribution in [3.63, 3.8) is 0 Å². The van der Waals surface area contributed by atoms with E-state index in [1.165, 1.54) is 11.8 Å². The number of rotatable bonds is 5. The molecule has 23 heavy (non-hydrogen) atoms. The molecule has 0 spiro atoms. The fourth-order valence-corrected chi connectivity index (χ4v) is 2.97. The van der Waals surface area contributed by atoms with Crippen molar-refractivity contribution in [1.82, 2.24) is 10.2 Å². The highest BCUT2D eigenvalue weighted by Crippen LogP contribution is 2.33. The molecule has 7 heteroatoms. The first-order valence-corrected chi connectivity index (χ1v) is 8.44. The topological polar surface area (TPSA) is 48.2 Å². The predicted molar refractivity (Wildman–Crippen MR) is 92.3 cm³/mol. The highest BCUT2D eigenvalue weighted by atomic mass is 35.5. The van der Waals surface area contributed by atoms with Crippen LogP contribution in [0.4, 0.5) is 0 Å². The molecule has 1 heterocycles. The van der Waals surface area contributed by atoms with E-state index < -0.39 is 0 Å². The van der Waals surface area contributed by atoms with E-state index in [4.69, 9.17) is 32.4 Å². The standard InChI is InChI=1S/C16H12Cl2N2O2S/c1-21-14-7-6-12(18)8-13(14)15-19-20-16(22-15)23-9-10-2-4-11(17)5-3-10/h2-8H,9H2,1H3. The van der Waals surface area contributed by atoms with E-state index in [0.717, 1.165) is 5.56 Å². The second kappa shape index (κ2) is 7.25. The molecule has 0 aliphatic rings. The molecule has 1 aromatic heterocycles. The van der Waals surface area contributed by atoms with Gasteiger partial charge in [-0.15, -0.1) is 10.2 Å². The van der Waals surface area contributed by atoms with Gasteiger partial charge in [-0.05, 0) is 35.9 Å². The molecule has 3 aromatic rings. The zero-order valence-electron chi connectivity index (χ0n) is 12.1.